The molecule has 0 unspecified atom stereocenters. The maximum Gasteiger partial charge on any atom is 0.354 e. The lowest BCUT2D eigenvalue weighted by atomic mass is 10.2. The number of aromatic nitrogens is 1. The van der Waals surface area contributed by atoms with E-state index in [1.54, 1.807) is 6.07 Å². The van der Waals surface area contributed by atoms with Gasteiger partial charge in [-0.2, -0.15) is 0 Å². The number of benzene rings is 1. The quantitative estimate of drug-likeness (QED) is 0.894. The zero-order chi connectivity index (χ0) is 13.7. The summed E-state index contributed by atoms with van der Waals surface area (Å²) in [6, 6.07) is 11.1. The molecule has 1 heterocycles. The van der Waals surface area contributed by atoms with Crippen molar-refractivity contribution in [1.29, 1.82) is 0 Å². The third kappa shape index (κ3) is 3.55. The number of carboxylic acids is 1. The first-order chi connectivity index (χ1) is 9.19. The second-order valence-electron chi connectivity index (χ2n) is 4.14. The Morgan fingerprint density at radius 3 is 2.84 bits per heavy atom. The average Bonchev–Trinajstić information content (AvgIpc) is 2.45. The van der Waals surface area contributed by atoms with Crippen LogP contribution in [0.3, 0.4) is 0 Å². The molecule has 0 amide bonds. The van der Waals surface area contributed by atoms with Gasteiger partial charge in [-0.05, 0) is 41.8 Å². The van der Waals surface area contributed by atoms with E-state index in [-0.39, 0.29) is 5.69 Å². The normalized spacial score (nSPS) is 10.2. The first-order valence-electron chi connectivity index (χ1n) is 6.09. The van der Waals surface area contributed by atoms with Crippen molar-refractivity contribution in [3.8, 4) is 5.75 Å². The Hall–Kier alpha value is -2.36. The second-order valence-corrected chi connectivity index (χ2v) is 4.14. The molecule has 19 heavy (non-hydrogen) atoms. The van der Waals surface area contributed by atoms with Crippen LogP contribution in [-0.2, 0) is 13.0 Å². The zero-order valence-corrected chi connectivity index (χ0v) is 10.7. The van der Waals surface area contributed by atoms with Gasteiger partial charge >= 0.3 is 5.97 Å². The molecule has 0 saturated heterocycles. The van der Waals surface area contributed by atoms with Gasteiger partial charge in [0.05, 0.1) is 0 Å². The number of hydrogen-bond acceptors (Lipinski definition) is 3. The Bertz CT molecular complexity index is 581. The molecule has 0 atom stereocenters. The van der Waals surface area contributed by atoms with Gasteiger partial charge in [0, 0.05) is 6.20 Å². The SMILES string of the molecule is CCc1cccc(OCc2ccnc(C(=O)O)c2)c1. The van der Waals surface area contributed by atoms with Crippen LogP contribution in [0.15, 0.2) is 42.6 Å². The van der Waals surface area contributed by atoms with Crippen LogP contribution >= 0.6 is 0 Å². The molecule has 1 aromatic carbocycles. The van der Waals surface area contributed by atoms with Crippen molar-refractivity contribution >= 4 is 5.97 Å². The smallest absolute Gasteiger partial charge is 0.354 e. The average molecular weight is 257 g/mol. The second kappa shape index (κ2) is 6.00. The molecule has 2 aromatic rings. The van der Waals surface area contributed by atoms with Crippen LogP contribution < -0.4 is 4.74 Å². The number of pyridine rings is 1. The summed E-state index contributed by atoms with van der Waals surface area (Å²) in [6.07, 6.45) is 2.43. The lowest BCUT2D eigenvalue weighted by Gasteiger charge is -2.07. The van der Waals surface area contributed by atoms with Crippen molar-refractivity contribution in [3.63, 3.8) is 0 Å². The van der Waals surface area contributed by atoms with Crippen molar-refractivity contribution in [2.45, 2.75) is 20.0 Å². The summed E-state index contributed by atoms with van der Waals surface area (Å²) in [7, 11) is 0. The van der Waals surface area contributed by atoms with E-state index in [1.807, 2.05) is 24.3 Å². The monoisotopic (exact) mass is 257 g/mol. The molecule has 98 valence electrons. The summed E-state index contributed by atoms with van der Waals surface area (Å²) in [4.78, 5) is 14.6. The Morgan fingerprint density at radius 2 is 2.11 bits per heavy atom. The van der Waals surface area contributed by atoms with E-state index in [2.05, 4.69) is 11.9 Å². The molecule has 0 fully saturated rings. The number of carbonyl (C=O) groups is 1. The van der Waals surface area contributed by atoms with Gasteiger partial charge in [-0.15, -0.1) is 0 Å². The highest BCUT2D eigenvalue weighted by Gasteiger charge is 2.05. The van der Waals surface area contributed by atoms with Crippen LogP contribution in [0, 0.1) is 0 Å². The lowest BCUT2D eigenvalue weighted by molar-refractivity contribution is 0.0690. The highest BCUT2D eigenvalue weighted by Crippen LogP contribution is 2.15. The van der Waals surface area contributed by atoms with Gasteiger partial charge in [0.1, 0.15) is 18.1 Å². The van der Waals surface area contributed by atoms with E-state index in [1.165, 1.54) is 17.8 Å². The van der Waals surface area contributed by atoms with Gasteiger partial charge in [0.15, 0.2) is 0 Å². The molecule has 0 radical (unpaired) electrons. The van der Waals surface area contributed by atoms with Crippen LogP contribution in [0.1, 0.15) is 28.5 Å². The van der Waals surface area contributed by atoms with Crippen LogP contribution in [0.5, 0.6) is 5.75 Å². The molecule has 4 nitrogen and oxygen atoms in total. The van der Waals surface area contributed by atoms with E-state index in [9.17, 15) is 4.79 Å². The van der Waals surface area contributed by atoms with Crippen LogP contribution in [0.4, 0.5) is 0 Å². The first-order valence-corrected chi connectivity index (χ1v) is 6.09. The minimum atomic E-state index is -1.03. The molecule has 0 aliphatic carbocycles. The summed E-state index contributed by atoms with van der Waals surface area (Å²) in [5.41, 5.74) is 2.02. The summed E-state index contributed by atoms with van der Waals surface area (Å²) in [5, 5.41) is 8.86. The molecule has 0 spiro atoms. The molecule has 0 aliphatic rings. The van der Waals surface area contributed by atoms with E-state index >= 15 is 0 Å². The van der Waals surface area contributed by atoms with Crippen LogP contribution in [-0.4, -0.2) is 16.1 Å². The van der Waals surface area contributed by atoms with Gasteiger partial charge in [0.2, 0.25) is 0 Å². The maximum absolute atomic E-state index is 10.8. The van der Waals surface area contributed by atoms with E-state index in [4.69, 9.17) is 9.84 Å². The van der Waals surface area contributed by atoms with Crippen LogP contribution in [0.2, 0.25) is 0 Å². The number of carboxylic acid groups (broad SMARTS) is 1. The van der Waals surface area contributed by atoms with Crippen molar-refractivity contribution in [2.24, 2.45) is 0 Å². The third-order valence-corrected chi connectivity index (χ3v) is 2.76. The predicted octanol–water partition coefficient (Wildman–Crippen LogP) is 2.92. The number of aryl methyl sites for hydroxylation is 1. The molecule has 1 N–H and O–H groups in total. The largest absolute Gasteiger partial charge is 0.489 e. The molecule has 2 rings (SSSR count). The number of aromatic carboxylic acids is 1. The molecule has 0 bridgehead atoms. The highest BCUT2D eigenvalue weighted by atomic mass is 16.5. The van der Waals surface area contributed by atoms with Gasteiger partial charge in [-0.3, -0.25) is 0 Å². The third-order valence-electron chi connectivity index (χ3n) is 2.76. The summed E-state index contributed by atoms with van der Waals surface area (Å²) in [6.45, 7) is 2.41. The number of ether oxygens (including phenoxy) is 1. The topological polar surface area (TPSA) is 59.4 Å². The summed E-state index contributed by atoms with van der Waals surface area (Å²) < 4.78 is 5.65. The summed E-state index contributed by atoms with van der Waals surface area (Å²) >= 11 is 0. The number of nitrogens with zero attached hydrogens (tertiary/aromatic N) is 1. The van der Waals surface area contributed by atoms with Crippen molar-refractivity contribution in [3.05, 3.63) is 59.4 Å². The molecular weight excluding hydrogens is 242 g/mol. The van der Waals surface area contributed by atoms with E-state index in [0.717, 1.165) is 17.7 Å². The first kappa shape index (κ1) is 13.1. The summed E-state index contributed by atoms with van der Waals surface area (Å²) in [5.74, 6) is -0.247. The number of hydrogen-bond donors (Lipinski definition) is 1. The van der Waals surface area contributed by atoms with Crippen molar-refractivity contribution < 1.29 is 14.6 Å². The molecule has 4 heteroatoms. The lowest BCUT2D eigenvalue weighted by Crippen LogP contribution is -2.03. The predicted molar refractivity (Wildman–Crippen MR) is 71.3 cm³/mol. The van der Waals surface area contributed by atoms with Gasteiger partial charge in [-0.1, -0.05) is 19.1 Å². The minimum Gasteiger partial charge on any atom is -0.489 e. The fraction of sp³-hybridized carbons (Fsp3) is 0.200. The fourth-order valence-corrected chi connectivity index (χ4v) is 1.70. The van der Waals surface area contributed by atoms with E-state index in [0.29, 0.717) is 6.61 Å². The maximum atomic E-state index is 10.8. The molecule has 0 saturated carbocycles. The van der Waals surface area contributed by atoms with Gasteiger partial charge in [0.25, 0.3) is 0 Å². The highest BCUT2D eigenvalue weighted by molar-refractivity contribution is 5.85. The Kier molecular flexibility index (Phi) is 4.13. The Balaban J connectivity index is 2.05. The van der Waals surface area contributed by atoms with Gasteiger partial charge < -0.3 is 9.84 Å². The molecule has 0 aliphatic heterocycles. The van der Waals surface area contributed by atoms with Crippen molar-refractivity contribution in [2.75, 3.05) is 0 Å². The van der Waals surface area contributed by atoms with E-state index < -0.39 is 5.97 Å². The van der Waals surface area contributed by atoms with Gasteiger partial charge in [-0.25, -0.2) is 9.78 Å². The minimum absolute atomic E-state index is 0.0309. The standard InChI is InChI=1S/C15H15NO3/c1-2-11-4-3-5-13(8-11)19-10-12-6-7-16-14(9-12)15(17)18/h3-9H,2,10H2,1H3,(H,17,18). The van der Waals surface area contributed by atoms with Crippen molar-refractivity contribution in [1.82, 2.24) is 4.98 Å². The Labute approximate surface area is 111 Å². The Morgan fingerprint density at radius 1 is 1.26 bits per heavy atom. The molecule has 1 aromatic heterocycles. The number of rotatable bonds is 5. The zero-order valence-electron chi connectivity index (χ0n) is 10.7. The fourth-order valence-electron chi connectivity index (χ4n) is 1.70. The molecular formula is C15H15NO3. The van der Waals surface area contributed by atoms with Crippen LogP contribution in [0.25, 0.3) is 0 Å².